The van der Waals surface area contributed by atoms with Gasteiger partial charge in [0.15, 0.2) is 0 Å². The summed E-state index contributed by atoms with van der Waals surface area (Å²) >= 11 is 9.54. The molecule has 3 aromatic carbocycles. The highest BCUT2D eigenvalue weighted by Gasteiger charge is 2.39. The van der Waals surface area contributed by atoms with Gasteiger partial charge in [-0.25, -0.2) is 4.90 Å². The third-order valence-corrected chi connectivity index (χ3v) is 5.87. The Morgan fingerprint density at radius 3 is 2.29 bits per heavy atom. The summed E-state index contributed by atoms with van der Waals surface area (Å²) in [5, 5.41) is 5.49. The minimum Gasteiger partial charge on any atom is -0.491 e. The van der Waals surface area contributed by atoms with Crippen molar-refractivity contribution in [3.63, 3.8) is 0 Å². The van der Waals surface area contributed by atoms with Crippen LogP contribution < -0.4 is 20.3 Å². The summed E-state index contributed by atoms with van der Waals surface area (Å²) in [4.78, 5) is 39.4. The molecule has 0 unspecified atom stereocenters. The number of ether oxygens (including phenoxy) is 1. The summed E-state index contributed by atoms with van der Waals surface area (Å²) in [5.41, 5.74) is 1.74. The minimum atomic E-state index is -0.625. The fraction of sp³-hybridized carbons (Fsp3) is 0.115. The molecule has 0 bridgehead atoms. The summed E-state index contributed by atoms with van der Waals surface area (Å²) in [6, 6.07) is 20.3. The number of hydrogen-bond donors (Lipinski definition) is 2. The highest BCUT2D eigenvalue weighted by Crippen LogP contribution is 2.31. The maximum Gasteiger partial charge on any atom is 0.283 e. The number of nitrogens with one attached hydrogen (secondary N) is 2. The van der Waals surface area contributed by atoms with Gasteiger partial charge in [-0.15, -0.1) is 0 Å². The van der Waals surface area contributed by atoms with Crippen molar-refractivity contribution < 1.29 is 19.1 Å². The van der Waals surface area contributed by atoms with E-state index in [1.165, 1.54) is 0 Å². The van der Waals surface area contributed by atoms with Gasteiger partial charge in [-0.05, 0) is 80.6 Å². The molecule has 1 heterocycles. The Bertz CT molecular complexity index is 1320. The Kier molecular flexibility index (Phi) is 7.23. The molecule has 0 saturated heterocycles. The quantitative estimate of drug-likeness (QED) is 0.354. The summed E-state index contributed by atoms with van der Waals surface area (Å²) in [6.07, 6.45) is 0.0540. The van der Waals surface area contributed by atoms with Crippen LogP contribution in [0.3, 0.4) is 0 Å². The van der Waals surface area contributed by atoms with Gasteiger partial charge >= 0.3 is 0 Å². The monoisotopic (exact) mass is 553 g/mol. The molecule has 0 atom stereocenters. The molecule has 0 radical (unpaired) electrons. The molecule has 3 aromatic rings. The maximum atomic E-state index is 13.0. The van der Waals surface area contributed by atoms with Crippen LogP contribution in [0.5, 0.6) is 5.75 Å². The van der Waals surface area contributed by atoms with E-state index in [2.05, 4.69) is 26.6 Å². The first-order chi connectivity index (χ1) is 16.7. The van der Waals surface area contributed by atoms with Crippen LogP contribution in [0, 0.1) is 0 Å². The molecule has 0 aromatic heterocycles. The zero-order valence-electron chi connectivity index (χ0n) is 18.8. The van der Waals surface area contributed by atoms with Gasteiger partial charge in [0.2, 0.25) is 0 Å². The predicted molar refractivity (Wildman–Crippen MR) is 140 cm³/mol. The number of halogens is 2. The van der Waals surface area contributed by atoms with Crippen LogP contribution in [-0.2, 0) is 9.59 Å². The predicted octanol–water partition coefficient (Wildman–Crippen LogP) is 5.92. The lowest BCUT2D eigenvalue weighted by Gasteiger charge is -2.15. The molecule has 3 amide bonds. The van der Waals surface area contributed by atoms with Crippen LogP contribution in [-0.4, -0.2) is 23.8 Å². The van der Waals surface area contributed by atoms with Gasteiger partial charge in [-0.3, -0.25) is 14.4 Å². The van der Waals surface area contributed by atoms with E-state index in [0.29, 0.717) is 28.4 Å². The van der Waals surface area contributed by atoms with Crippen LogP contribution in [0.15, 0.2) is 88.0 Å². The highest BCUT2D eigenvalue weighted by molar-refractivity contribution is 9.10. The molecule has 7 nitrogen and oxygen atoms in total. The Hall–Kier alpha value is -3.62. The van der Waals surface area contributed by atoms with Crippen molar-refractivity contribution in [3.8, 4) is 5.75 Å². The molecule has 0 fully saturated rings. The number of amides is 3. The smallest absolute Gasteiger partial charge is 0.283 e. The van der Waals surface area contributed by atoms with Crippen LogP contribution in [0.4, 0.5) is 17.1 Å². The van der Waals surface area contributed by atoms with Crippen molar-refractivity contribution in [1.82, 2.24) is 0 Å². The highest BCUT2D eigenvalue weighted by atomic mass is 79.9. The number of carbonyl (C=O) groups excluding carboxylic acids is 3. The van der Waals surface area contributed by atoms with E-state index in [-0.39, 0.29) is 22.7 Å². The van der Waals surface area contributed by atoms with Crippen molar-refractivity contribution in [1.29, 1.82) is 0 Å². The standard InChI is InChI=1S/C26H21BrClN3O4/c1-15(2)35-21-12-8-18(9-13-21)30-24(32)16-4-3-5-19(14-16)29-23-22(28)25(33)31(26(23)34)20-10-6-17(27)7-11-20/h3-15,29H,1-2H3,(H,30,32). The van der Waals surface area contributed by atoms with E-state index < -0.39 is 11.8 Å². The third-order valence-electron chi connectivity index (χ3n) is 4.99. The zero-order valence-corrected chi connectivity index (χ0v) is 21.2. The van der Waals surface area contributed by atoms with Crippen LogP contribution >= 0.6 is 27.5 Å². The fourth-order valence-corrected chi connectivity index (χ4v) is 3.89. The number of hydrogen-bond acceptors (Lipinski definition) is 5. The summed E-state index contributed by atoms with van der Waals surface area (Å²) in [7, 11) is 0. The number of nitrogens with zero attached hydrogens (tertiary/aromatic N) is 1. The van der Waals surface area contributed by atoms with E-state index in [1.807, 2.05) is 13.8 Å². The average Bonchev–Trinajstić information content (AvgIpc) is 3.04. The number of imide groups is 1. The number of anilines is 3. The average molecular weight is 555 g/mol. The molecule has 1 aliphatic rings. The SMILES string of the molecule is CC(C)Oc1ccc(NC(=O)c2cccc(NC3=C(Cl)C(=O)N(c4ccc(Br)cc4)C3=O)c2)cc1. The lowest BCUT2D eigenvalue weighted by atomic mass is 10.1. The molecular formula is C26H21BrClN3O4. The van der Waals surface area contributed by atoms with Gasteiger partial charge < -0.3 is 15.4 Å². The first-order valence-electron chi connectivity index (χ1n) is 10.7. The Balaban J connectivity index is 1.48. The molecule has 0 saturated carbocycles. The zero-order chi connectivity index (χ0) is 25.1. The fourth-order valence-electron chi connectivity index (χ4n) is 3.41. The van der Waals surface area contributed by atoms with E-state index in [9.17, 15) is 14.4 Å². The van der Waals surface area contributed by atoms with E-state index >= 15 is 0 Å². The largest absolute Gasteiger partial charge is 0.491 e. The first kappa shape index (κ1) is 24.5. The van der Waals surface area contributed by atoms with E-state index in [0.717, 1.165) is 9.37 Å². The number of benzene rings is 3. The van der Waals surface area contributed by atoms with Gasteiger partial charge in [-0.2, -0.15) is 0 Å². The van der Waals surface area contributed by atoms with Gasteiger partial charge in [0.05, 0.1) is 11.8 Å². The lowest BCUT2D eigenvalue weighted by Crippen LogP contribution is -2.32. The Morgan fingerprint density at radius 1 is 0.943 bits per heavy atom. The maximum absolute atomic E-state index is 13.0. The lowest BCUT2D eigenvalue weighted by molar-refractivity contribution is -0.120. The van der Waals surface area contributed by atoms with Crippen LogP contribution in [0.25, 0.3) is 0 Å². The van der Waals surface area contributed by atoms with Crippen molar-refractivity contribution in [2.75, 3.05) is 15.5 Å². The molecule has 9 heteroatoms. The molecule has 2 N–H and O–H groups in total. The molecule has 35 heavy (non-hydrogen) atoms. The summed E-state index contributed by atoms with van der Waals surface area (Å²) in [5.74, 6) is -0.833. The summed E-state index contributed by atoms with van der Waals surface area (Å²) in [6.45, 7) is 3.88. The molecule has 178 valence electrons. The second-order valence-electron chi connectivity index (χ2n) is 7.96. The van der Waals surface area contributed by atoms with E-state index in [4.69, 9.17) is 16.3 Å². The van der Waals surface area contributed by atoms with Crippen molar-refractivity contribution in [3.05, 3.63) is 93.6 Å². The summed E-state index contributed by atoms with van der Waals surface area (Å²) < 4.78 is 6.42. The van der Waals surface area contributed by atoms with Gasteiger partial charge in [0, 0.05) is 21.4 Å². The first-order valence-corrected chi connectivity index (χ1v) is 11.9. The Morgan fingerprint density at radius 2 is 1.63 bits per heavy atom. The van der Waals surface area contributed by atoms with Gasteiger partial charge in [-0.1, -0.05) is 33.6 Å². The van der Waals surface area contributed by atoms with Gasteiger partial charge in [0.25, 0.3) is 17.7 Å². The molecule has 4 rings (SSSR count). The third kappa shape index (κ3) is 5.55. The number of carbonyl (C=O) groups is 3. The van der Waals surface area contributed by atoms with E-state index in [1.54, 1.807) is 72.8 Å². The van der Waals surface area contributed by atoms with Crippen LogP contribution in [0.2, 0.25) is 0 Å². The minimum absolute atomic E-state index is 0.0540. The normalized spacial score (nSPS) is 13.5. The molecule has 1 aliphatic heterocycles. The van der Waals surface area contributed by atoms with Crippen molar-refractivity contribution in [2.24, 2.45) is 0 Å². The van der Waals surface area contributed by atoms with Crippen molar-refractivity contribution in [2.45, 2.75) is 20.0 Å². The van der Waals surface area contributed by atoms with Gasteiger partial charge in [0.1, 0.15) is 16.5 Å². The Labute approximate surface area is 215 Å². The second kappa shape index (κ2) is 10.3. The molecule has 0 aliphatic carbocycles. The van der Waals surface area contributed by atoms with Crippen LogP contribution in [0.1, 0.15) is 24.2 Å². The number of rotatable bonds is 7. The molecular weight excluding hydrogens is 534 g/mol. The molecule has 0 spiro atoms. The van der Waals surface area contributed by atoms with Crippen molar-refractivity contribution >= 4 is 62.3 Å². The topological polar surface area (TPSA) is 87.7 Å². The second-order valence-corrected chi connectivity index (χ2v) is 9.26.